The Bertz CT molecular complexity index is 867. The van der Waals surface area contributed by atoms with Crippen molar-refractivity contribution in [3.63, 3.8) is 0 Å². The molecule has 0 heterocycles. The molecule has 2 rings (SSSR count). The van der Waals surface area contributed by atoms with Crippen LogP contribution in [-0.2, 0) is 14.3 Å². The number of esters is 1. The first-order valence-electron chi connectivity index (χ1n) is 8.74. The summed E-state index contributed by atoms with van der Waals surface area (Å²) in [6.07, 6.45) is -1.11. The first kappa shape index (κ1) is 21.4. The molecule has 1 atom stereocenters. The van der Waals surface area contributed by atoms with Crippen LogP contribution in [0.15, 0.2) is 42.5 Å². The van der Waals surface area contributed by atoms with Crippen LogP contribution >= 0.6 is 11.6 Å². The molecule has 0 saturated carbocycles. The van der Waals surface area contributed by atoms with Gasteiger partial charge in [-0.2, -0.15) is 0 Å². The zero-order chi connectivity index (χ0) is 20.7. The Morgan fingerprint density at radius 3 is 2.43 bits per heavy atom. The highest BCUT2D eigenvalue weighted by molar-refractivity contribution is 6.31. The van der Waals surface area contributed by atoms with Gasteiger partial charge in [0.25, 0.3) is 5.91 Å². The van der Waals surface area contributed by atoms with E-state index in [1.807, 2.05) is 6.07 Å². The van der Waals surface area contributed by atoms with Crippen molar-refractivity contribution in [2.45, 2.75) is 32.8 Å². The number of amides is 1. The third-order valence-electron chi connectivity index (χ3n) is 4.07. The summed E-state index contributed by atoms with van der Waals surface area (Å²) in [5, 5.41) is 3.17. The molecule has 0 fully saturated rings. The SMILES string of the molecule is COc1cc(Cl)c(C)cc1NC(=O)[C@@H](C)OC(=O)CCC(=O)c1ccccc1. The lowest BCUT2D eigenvalue weighted by Crippen LogP contribution is -2.30. The van der Waals surface area contributed by atoms with E-state index >= 15 is 0 Å². The van der Waals surface area contributed by atoms with Crippen LogP contribution in [0.3, 0.4) is 0 Å². The van der Waals surface area contributed by atoms with Crippen molar-refractivity contribution in [2.24, 2.45) is 0 Å². The highest BCUT2D eigenvalue weighted by atomic mass is 35.5. The van der Waals surface area contributed by atoms with Crippen LogP contribution in [0, 0.1) is 6.92 Å². The fraction of sp³-hybridized carbons (Fsp3) is 0.286. The molecule has 2 aromatic carbocycles. The van der Waals surface area contributed by atoms with E-state index in [0.29, 0.717) is 22.0 Å². The smallest absolute Gasteiger partial charge is 0.307 e. The van der Waals surface area contributed by atoms with Gasteiger partial charge in [0.15, 0.2) is 11.9 Å². The molecule has 0 aliphatic rings. The van der Waals surface area contributed by atoms with E-state index < -0.39 is 18.0 Å². The summed E-state index contributed by atoms with van der Waals surface area (Å²) in [6, 6.07) is 12.0. The molecule has 0 unspecified atom stereocenters. The summed E-state index contributed by atoms with van der Waals surface area (Å²) in [5.41, 5.74) is 1.73. The molecule has 1 amide bonds. The first-order chi connectivity index (χ1) is 13.3. The zero-order valence-corrected chi connectivity index (χ0v) is 16.7. The van der Waals surface area contributed by atoms with E-state index in [1.54, 1.807) is 43.3 Å². The van der Waals surface area contributed by atoms with Gasteiger partial charge in [-0.25, -0.2) is 0 Å². The minimum absolute atomic E-state index is 0.0153. The molecule has 6 nitrogen and oxygen atoms in total. The van der Waals surface area contributed by atoms with Crippen molar-refractivity contribution in [1.29, 1.82) is 0 Å². The van der Waals surface area contributed by atoms with Crippen LogP contribution in [0.4, 0.5) is 5.69 Å². The first-order valence-corrected chi connectivity index (χ1v) is 9.12. The summed E-state index contributed by atoms with van der Waals surface area (Å²) in [6.45, 7) is 3.26. The predicted octanol–water partition coefficient (Wildman–Crippen LogP) is 4.19. The summed E-state index contributed by atoms with van der Waals surface area (Å²) in [4.78, 5) is 36.3. The van der Waals surface area contributed by atoms with Crippen molar-refractivity contribution in [3.05, 3.63) is 58.6 Å². The highest BCUT2D eigenvalue weighted by Gasteiger charge is 2.20. The maximum Gasteiger partial charge on any atom is 0.307 e. The third kappa shape index (κ3) is 5.82. The second-order valence-corrected chi connectivity index (χ2v) is 6.62. The van der Waals surface area contributed by atoms with Gasteiger partial charge in [-0.1, -0.05) is 41.9 Å². The average Bonchev–Trinajstić information content (AvgIpc) is 2.69. The number of aryl methyl sites for hydroxylation is 1. The molecular weight excluding hydrogens is 382 g/mol. The largest absolute Gasteiger partial charge is 0.495 e. The van der Waals surface area contributed by atoms with Gasteiger partial charge in [0, 0.05) is 23.1 Å². The number of anilines is 1. The molecule has 0 saturated heterocycles. The minimum atomic E-state index is -1.03. The number of benzene rings is 2. The molecule has 0 aromatic heterocycles. The van der Waals surface area contributed by atoms with E-state index in [2.05, 4.69) is 5.32 Å². The Morgan fingerprint density at radius 2 is 1.79 bits per heavy atom. The van der Waals surface area contributed by atoms with Gasteiger partial charge in [0.2, 0.25) is 0 Å². The molecule has 0 aliphatic heterocycles. The second-order valence-electron chi connectivity index (χ2n) is 6.21. The summed E-state index contributed by atoms with van der Waals surface area (Å²) in [5.74, 6) is -0.888. The van der Waals surface area contributed by atoms with Crippen molar-refractivity contribution in [2.75, 3.05) is 12.4 Å². The number of ether oxygens (including phenoxy) is 2. The third-order valence-corrected chi connectivity index (χ3v) is 4.48. The maximum absolute atomic E-state index is 12.3. The van der Waals surface area contributed by atoms with E-state index in [-0.39, 0.29) is 18.6 Å². The highest BCUT2D eigenvalue weighted by Crippen LogP contribution is 2.31. The van der Waals surface area contributed by atoms with Crippen LogP contribution in [0.1, 0.15) is 35.7 Å². The lowest BCUT2D eigenvalue weighted by molar-refractivity contribution is -0.153. The Balaban J connectivity index is 1.89. The van der Waals surface area contributed by atoms with Crippen molar-refractivity contribution in [3.8, 4) is 5.75 Å². The van der Waals surface area contributed by atoms with Crippen LogP contribution in [0.25, 0.3) is 0 Å². The van der Waals surface area contributed by atoms with Crippen LogP contribution < -0.4 is 10.1 Å². The van der Waals surface area contributed by atoms with E-state index in [0.717, 1.165) is 5.56 Å². The topological polar surface area (TPSA) is 81.7 Å². The second kappa shape index (κ2) is 9.90. The van der Waals surface area contributed by atoms with Gasteiger partial charge >= 0.3 is 5.97 Å². The lowest BCUT2D eigenvalue weighted by Gasteiger charge is -2.16. The van der Waals surface area contributed by atoms with Gasteiger partial charge in [0.1, 0.15) is 5.75 Å². The fourth-order valence-electron chi connectivity index (χ4n) is 2.46. The number of rotatable bonds is 8. The number of carbonyl (C=O) groups is 3. The summed E-state index contributed by atoms with van der Waals surface area (Å²) >= 11 is 6.05. The van der Waals surface area contributed by atoms with Crippen molar-refractivity contribution in [1.82, 2.24) is 0 Å². The minimum Gasteiger partial charge on any atom is -0.495 e. The lowest BCUT2D eigenvalue weighted by atomic mass is 10.1. The molecular formula is C21H22ClNO5. The monoisotopic (exact) mass is 403 g/mol. The fourth-order valence-corrected chi connectivity index (χ4v) is 2.61. The normalized spacial score (nSPS) is 11.4. The molecule has 0 bridgehead atoms. The molecule has 2 aromatic rings. The Hall–Kier alpha value is -2.86. The Morgan fingerprint density at radius 1 is 1.11 bits per heavy atom. The Labute approximate surface area is 168 Å². The van der Waals surface area contributed by atoms with Gasteiger partial charge < -0.3 is 14.8 Å². The average molecular weight is 404 g/mol. The van der Waals surface area contributed by atoms with Gasteiger partial charge in [-0.3, -0.25) is 14.4 Å². The van der Waals surface area contributed by atoms with Gasteiger partial charge in [-0.15, -0.1) is 0 Å². The summed E-state index contributed by atoms with van der Waals surface area (Å²) < 4.78 is 10.3. The van der Waals surface area contributed by atoms with Gasteiger partial charge in [-0.05, 0) is 25.5 Å². The zero-order valence-electron chi connectivity index (χ0n) is 16.0. The number of hydrogen-bond donors (Lipinski definition) is 1. The molecule has 0 spiro atoms. The number of Topliss-reactive ketones (excluding diaryl/α,β-unsaturated/α-hetero) is 1. The van der Waals surface area contributed by atoms with Crippen LogP contribution in [0.2, 0.25) is 5.02 Å². The number of nitrogens with one attached hydrogen (secondary N) is 1. The van der Waals surface area contributed by atoms with Crippen molar-refractivity contribution >= 4 is 34.9 Å². The molecule has 148 valence electrons. The Kier molecular flexibility index (Phi) is 7.58. The summed E-state index contributed by atoms with van der Waals surface area (Å²) in [7, 11) is 1.46. The number of methoxy groups -OCH3 is 1. The van der Waals surface area contributed by atoms with Crippen LogP contribution in [0.5, 0.6) is 5.75 Å². The number of hydrogen-bond acceptors (Lipinski definition) is 5. The molecule has 7 heteroatoms. The number of carbonyl (C=O) groups excluding carboxylic acids is 3. The standard InChI is InChI=1S/C21H22ClNO5/c1-13-11-17(19(27-3)12-16(13)22)23-21(26)14(2)28-20(25)10-9-18(24)15-7-5-4-6-8-15/h4-8,11-12,14H,9-10H2,1-3H3,(H,23,26)/t14-/m1/s1. The van der Waals surface area contributed by atoms with E-state index in [9.17, 15) is 14.4 Å². The number of halogens is 1. The number of ketones is 1. The molecule has 0 radical (unpaired) electrons. The molecule has 1 N–H and O–H groups in total. The van der Waals surface area contributed by atoms with Crippen molar-refractivity contribution < 1.29 is 23.9 Å². The molecule has 0 aliphatic carbocycles. The maximum atomic E-state index is 12.3. The predicted molar refractivity (Wildman–Crippen MR) is 107 cm³/mol. The molecule has 28 heavy (non-hydrogen) atoms. The quantitative estimate of drug-likeness (QED) is 0.528. The van der Waals surface area contributed by atoms with Crippen LogP contribution in [-0.4, -0.2) is 30.9 Å². The van der Waals surface area contributed by atoms with E-state index in [1.165, 1.54) is 14.0 Å². The van der Waals surface area contributed by atoms with Gasteiger partial charge in [0.05, 0.1) is 19.2 Å². The van der Waals surface area contributed by atoms with E-state index in [4.69, 9.17) is 21.1 Å².